The molecule has 0 bridgehead atoms. The lowest BCUT2D eigenvalue weighted by atomic mass is 9.78. The van der Waals surface area contributed by atoms with Crippen molar-refractivity contribution in [2.45, 2.75) is 230 Å². The van der Waals surface area contributed by atoms with Crippen molar-refractivity contribution in [3.05, 3.63) is 119 Å². The lowest BCUT2D eigenvalue weighted by Crippen LogP contribution is -2.38. The second-order valence-electron chi connectivity index (χ2n) is 25.6. The third-order valence-corrected chi connectivity index (χ3v) is 16.4. The Morgan fingerprint density at radius 2 is 1.07 bits per heavy atom. The van der Waals surface area contributed by atoms with E-state index >= 15 is 9.90 Å². The van der Waals surface area contributed by atoms with Crippen LogP contribution in [0.25, 0.3) is 5.57 Å². The highest BCUT2D eigenvalue weighted by Crippen LogP contribution is 2.44. The number of amides is 2. The van der Waals surface area contributed by atoms with Crippen LogP contribution in [-0.4, -0.2) is 48.1 Å². The van der Waals surface area contributed by atoms with Crippen LogP contribution in [0.3, 0.4) is 0 Å². The van der Waals surface area contributed by atoms with Crippen LogP contribution in [0.4, 0.5) is 22.7 Å². The summed E-state index contributed by atoms with van der Waals surface area (Å²) >= 11 is 0. The number of carbonyl (C=O) groups excluding carboxylic acids is 3. The molecule has 2 unspecified atom stereocenters. The number of allylic oxidation sites excluding steroid dienone is 5. The van der Waals surface area contributed by atoms with Gasteiger partial charge in [0.25, 0.3) is 0 Å². The van der Waals surface area contributed by atoms with E-state index in [9.17, 15) is 9.59 Å². The minimum atomic E-state index is -0.767. The Kier molecular flexibility index (Phi) is 27.3. The van der Waals surface area contributed by atoms with Crippen molar-refractivity contribution in [3.63, 3.8) is 0 Å². The van der Waals surface area contributed by atoms with Gasteiger partial charge in [0.2, 0.25) is 23.2 Å². The van der Waals surface area contributed by atoms with E-state index in [1.165, 1.54) is 134 Å². The molecule has 0 saturated heterocycles. The normalized spacial score (nSPS) is 16.0. The van der Waals surface area contributed by atoms with Crippen molar-refractivity contribution >= 4 is 51.6 Å². The Morgan fingerprint density at radius 3 is 1.58 bits per heavy atom. The largest absolute Gasteiger partial charge is 0.871 e. The van der Waals surface area contributed by atoms with Crippen LogP contribution in [-0.2, 0) is 14.4 Å². The summed E-state index contributed by atoms with van der Waals surface area (Å²) in [5, 5.41) is 21.4. The maximum Gasteiger partial charge on any atom is 0.229 e. The predicted octanol–water partition coefficient (Wildman–Crippen LogP) is 18.2. The van der Waals surface area contributed by atoms with Gasteiger partial charge in [-0.1, -0.05) is 227 Å². The lowest BCUT2D eigenvalue weighted by molar-refractivity contribution is -0.448. The average molecular weight is 1110 g/mol. The molecular formula is C72H106N4O5. The zero-order valence-corrected chi connectivity index (χ0v) is 52.6. The number of unbranched alkanes of at least 4 members (excludes halogenated alkanes) is 16. The molecule has 3 aromatic rings. The molecule has 5 rings (SSSR count). The standard InChI is InChI=1S/C72H106N4O5/c1-13-17-21-25-27-31-35-54(33-29-23-19-15-3)51-75(56-39-37-53(5)38-40-56)58-43-47-61(63(49-58)73-69(79)71(6,7)8)65-67(77)66(68(65)78)62-48-44-59(50-64(62)74-70(80)72(9,10)11)76(57-41-45-60(81-12)46-42-57)52-55(34-30-24-20-16-4)36-32-28-26-22-18-14-2/h37-50,54-55H,13-36,51-52H2,1-12H3,(H2,73,74,77,78,79,80). The fraction of sp³-hybridized carbons (Fsp3) is 0.583. The van der Waals surface area contributed by atoms with E-state index < -0.39 is 22.4 Å². The molecule has 2 amide bonds. The molecule has 81 heavy (non-hydrogen) atoms. The van der Waals surface area contributed by atoms with Gasteiger partial charge in [-0.3, -0.25) is 14.4 Å². The van der Waals surface area contributed by atoms with Gasteiger partial charge in [-0.2, -0.15) is 4.58 Å². The van der Waals surface area contributed by atoms with Crippen LogP contribution < -0.4 is 25.4 Å². The first kappa shape index (κ1) is 66.1. The van der Waals surface area contributed by atoms with Gasteiger partial charge in [-0.25, -0.2) is 0 Å². The number of carbonyl (C=O) groups is 3. The summed E-state index contributed by atoms with van der Waals surface area (Å²) in [6.07, 6.45) is 35.0. The zero-order valence-electron chi connectivity index (χ0n) is 52.6. The average Bonchev–Trinajstić information content (AvgIpc) is 3.47. The van der Waals surface area contributed by atoms with Crippen molar-refractivity contribution in [1.82, 2.24) is 5.32 Å². The molecule has 0 fully saturated rings. The van der Waals surface area contributed by atoms with E-state index in [-0.39, 0.29) is 23.0 Å². The summed E-state index contributed by atoms with van der Waals surface area (Å²) in [6.45, 7) is 23.9. The number of rotatable bonds is 35. The molecule has 0 saturated carbocycles. The Hall–Kier alpha value is -5.70. The molecule has 0 aliphatic heterocycles. The van der Waals surface area contributed by atoms with Crippen molar-refractivity contribution in [1.29, 1.82) is 0 Å². The Balaban J connectivity index is 1.64. The second-order valence-corrected chi connectivity index (χ2v) is 25.6. The van der Waals surface area contributed by atoms with E-state index in [1.54, 1.807) is 7.11 Å². The summed E-state index contributed by atoms with van der Waals surface area (Å²) in [7, 11) is 1.67. The maximum atomic E-state index is 15.0. The van der Waals surface area contributed by atoms with E-state index in [1.807, 2.05) is 90.1 Å². The molecule has 2 N–H and O–H groups in total. The third-order valence-electron chi connectivity index (χ3n) is 16.4. The van der Waals surface area contributed by atoms with Crippen LogP contribution >= 0.6 is 0 Å². The van der Waals surface area contributed by atoms with Gasteiger partial charge in [0.15, 0.2) is 12.3 Å². The maximum absolute atomic E-state index is 15.0. The highest BCUT2D eigenvalue weighted by atomic mass is 16.5. The number of benzene rings is 3. The summed E-state index contributed by atoms with van der Waals surface area (Å²) in [5.41, 5.74) is 5.09. The number of nitrogens with one attached hydrogen (secondary N) is 2. The smallest absolute Gasteiger partial charge is 0.229 e. The summed E-state index contributed by atoms with van der Waals surface area (Å²) in [4.78, 5) is 45.5. The third kappa shape index (κ3) is 20.3. The highest BCUT2D eigenvalue weighted by Gasteiger charge is 2.37. The molecule has 2 aliphatic rings. The van der Waals surface area contributed by atoms with E-state index in [0.29, 0.717) is 34.4 Å². The lowest BCUT2D eigenvalue weighted by Gasteiger charge is -2.35. The minimum absolute atomic E-state index is 0.0210. The first-order valence-electron chi connectivity index (χ1n) is 31.9. The summed E-state index contributed by atoms with van der Waals surface area (Å²) in [6, 6.07) is 22.5. The molecule has 2 aliphatic carbocycles. The van der Waals surface area contributed by atoms with Crippen LogP contribution in [0, 0.1) is 29.6 Å². The topological polar surface area (TPSA) is 114 Å². The Morgan fingerprint density at radius 1 is 0.593 bits per heavy atom. The number of nitrogens with zero attached hydrogens (tertiary/aromatic N) is 2. The Bertz CT molecular complexity index is 2640. The molecule has 3 aromatic carbocycles. The molecule has 9 heteroatoms. The fourth-order valence-electron chi connectivity index (χ4n) is 11.1. The van der Waals surface area contributed by atoms with Crippen molar-refractivity contribution in [2.75, 3.05) is 30.4 Å². The monoisotopic (exact) mass is 1110 g/mol. The number of anilines is 3. The SMILES string of the molecule is CCCCCCCCC(CCCCCC)CN(c1ccc(OC)cc1)c1ccc(C2=C([O-])C(=C3C=CC(=[N+](CC(CCCCCC)CCCCCCCC)c4ccc(C)cc4)C=C3NC(=O)C(C)(C)C)C2=O)c(NC(=O)C(C)(C)C)c1. The molecule has 444 valence electrons. The molecule has 0 heterocycles. The molecule has 0 aromatic heterocycles. The van der Waals surface area contributed by atoms with Crippen LogP contribution in [0.1, 0.15) is 234 Å². The minimum Gasteiger partial charge on any atom is -0.871 e. The number of ketones is 1. The summed E-state index contributed by atoms with van der Waals surface area (Å²) in [5.74, 6) is 0.356. The van der Waals surface area contributed by atoms with Gasteiger partial charge in [-0.05, 0) is 81.0 Å². The van der Waals surface area contributed by atoms with Crippen LogP contribution in [0.15, 0.2) is 108 Å². The summed E-state index contributed by atoms with van der Waals surface area (Å²) < 4.78 is 7.97. The van der Waals surface area contributed by atoms with Gasteiger partial charge in [0.05, 0.1) is 18.5 Å². The van der Waals surface area contributed by atoms with Gasteiger partial charge in [0, 0.05) is 81.2 Å². The van der Waals surface area contributed by atoms with E-state index in [4.69, 9.17) is 4.74 Å². The highest BCUT2D eigenvalue weighted by molar-refractivity contribution is 6.40. The molecule has 0 spiro atoms. The molecule has 2 atom stereocenters. The first-order chi connectivity index (χ1) is 38.8. The number of hydrogen-bond donors (Lipinski definition) is 2. The van der Waals surface area contributed by atoms with Gasteiger partial charge in [0.1, 0.15) is 5.75 Å². The second kappa shape index (κ2) is 33.4. The van der Waals surface area contributed by atoms with Gasteiger partial charge >= 0.3 is 0 Å². The molecule has 9 nitrogen and oxygen atoms in total. The molecule has 0 radical (unpaired) electrons. The van der Waals surface area contributed by atoms with Crippen molar-refractivity contribution in [3.8, 4) is 5.75 Å². The van der Waals surface area contributed by atoms with Gasteiger partial charge in [-0.15, -0.1) is 0 Å². The number of ether oxygens (including phenoxy) is 1. The Labute approximate surface area is 491 Å². The fourth-order valence-corrected chi connectivity index (χ4v) is 11.1. The quantitative estimate of drug-likeness (QED) is 0.0345. The van der Waals surface area contributed by atoms with Crippen LogP contribution in [0.2, 0.25) is 0 Å². The number of hydrogen-bond acceptors (Lipinski definition) is 6. The van der Waals surface area contributed by atoms with Crippen molar-refractivity contribution < 1.29 is 28.8 Å². The first-order valence-corrected chi connectivity index (χ1v) is 31.9. The van der Waals surface area contributed by atoms with Crippen LogP contribution in [0.5, 0.6) is 5.75 Å². The van der Waals surface area contributed by atoms with E-state index in [2.05, 4.69) is 91.1 Å². The van der Waals surface area contributed by atoms with Crippen molar-refractivity contribution in [2.24, 2.45) is 22.7 Å². The zero-order chi connectivity index (χ0) is 59.0. The molecular weight excluding hydrogens is 1000 g/mol. The van der Waals surface area contributed by atoms with E-state index in [0.717, 1.165) is 67.3 Å². The van der Waals surface area contributed by atoms with Gasteiger partial charge < -0.3 is 25.4 Å². The number of aryl methyl sites for hydroxylation is 1. The number of Topliss-reactive ketones (excluding diaryl/α,β-unsaturated/α-hetero) is 1. The predicted molar refractivity (Wildman–Crippen MR) is 340 cm³/mol. The number of methoxy groups -OCH3 is 1.